The highest BCUT2D eigenvalue weighted by Crippen LogP contribution is 2.35. The zero-order chi connectivity index (χ0) is 30.2. The van der Waals surface area contributed by atoms with Crippen LogP contribution < -0.4 is 15.0 Å². The Balaban J connectivity index is 0.000000679. The van der Waals surface area contributed by atoms with Gasteiger partial charge in [-0.3, -0.25) is 9.47 Å². The van der Waals surface area contributed by atoms with Gasteiger partial charge in [-0.2, -0.15) is 0 Å². The number of hydrogen-bond acceptors (Lipinski definition) is 6. The first-order valence-electron chi connectivity index (χ1n) is 16.0. The van der Waals surface area contributed by atoms with E-state index in [-0.39, 0.29) is 0 Å². The Morgan fingerprint density at radius 2 is 1.39 bits per heavy atom. The fourth-order valence-electron chi connectivity index (χ4n) is 5.09. The number of aryl methyl sites for hydroxylation is 1. The van der Waals surface area contributed by atoms with Gasteiger partial charge in [-0.05, 0) is 47.9 Å². The number of benzene rings is 2. The summed E-state index contributed by atoms with van der Waals surface area (Å²) in [5.41, 5.74) is 7.22. The van der Waals surface area contributed by atoms with Gasteiger partial charge in [0.2, 0.25) is 0 Å². The number of nitrogens with one attached hydrogen (secondary N) is 1. The van der Waals surface area contributed by atoms with E-state index in [0.717, 1.165) is 82.0 Å². The molecule has 0 atom stereocenters. The van der Waals surface area contributed by atoms with E-state index in [9.17, 15) is 0 Å². The van der Waals surface area contributed by atoms with Crippen molar-refractivity contribution in [1.29, 1.82) is 0 Å². The van der Waals surface area contributed by atoms with Crippen LogP contribution in [0, 0.1) is 6.92 Å². The zero-order valence-corrected chi connectivity index (χ0v) is 27.2. The zero-order valence-electron chi connectivity index (χ0n) is 27.2. The molecule has 6 rings (SSSR count). The van der Waals surface area contributed by atoms with Crippen LogP contribution in [0.25, 0.3) is 16.8 Å². The number of piperazine rings is 1. The van der Waals surface area contributed by atoms with E-state index in [1.165, 1.54) is 22.4 Å². The van der Waals surface area contributed by atoms with Crippen molar-refractivity contribution in [2.24, 2.45) is 0 Å². The Morgan fingerprint density at radius 1 is 0.780 bits per heavy atom. The van der Waals surface area contributed by atoms with Crippen molar-refractivity contribution >= 4 is 5.69 Å². The molecule has 0 amide bonds. The number of ether oxygens (including phenoxy) is 2. The maximum atomic E-state index is 6.13. The van der Waals surface area contributed by atoms with Crippen LogP contribution in [0.5, 0.6) is 5.75 Å². The average Bonchev–Trinajstić information content (AvgIpc) is 3.48. The van der Waals surface area contributed by atoms with Gasteiger partial charge in [0, 0.05) is 57.7 Å². The first-order valence-corrected chi connectivity index (χ1v) is 16.0. The lowest BCUT2D eigenvalue weighted by molar-refractivity contribution is 0.0337. The molecule has 4 heterocycles. The summed E-state index contributed by atoms with van der Waals surface area (Å²) in [7, 11) is 0. The van der Waals surface area contributed by atoms with Crippen molar-refractivity contribution in [3.63, 3.8) is 0 Å². The second kappa shape index (κ2) is 18.5. The Kier molecular flexibility index (Phi) is 15.5. The molecular formula is C34H55N5O2. The first kappa shape index (κ1) is 34.3. The Bertz CT molecular complexity index is 1150. The lowest BCUT2D eigenvalue weighted by Gasteiger charge is -2.31. The number of nitrogens with zero attached hydrogens (tertiary/aromatic N) is 4. The van der Waals surface area contributed by atoms with E-state index < -0.39 is 0 Å². The lowest BCUT2D eigenvalue weighted by atomic mass is 10.0. The van der Waals surface area contributed by atoms with E-state index in [1.807, 2.05) is 55.4 Å². The topological polar surface area (TPSA) is 54.8 Å². The minimum atomic E-state index is 0.501. The molecular weight excluding hydrogens is 510 g/mol. The maximum absolute atomic E-state index is 6.13. The molecule has 0 aliphatic carbocycles. The quantitative estimate of drug-likeness (QED) is 0.365. The normalized spacial score (nSPS) is 15.5. The molecule has 7 nitrogen and oxygen atoms in total. The summed E-state index contributed by atoms with van der Waals surface area (Å²) < 4.78 is 13.8. The second-order valence-electron chi connectivity index (χ2n) is 9.12. The SMILES string of the molecule is CC.CC.CC.CC.Cc1cc(-c2ccc3c(c2)OCc2nc(CN4CCOCC4)cn2-3)ccc1N1CCNCC1. The highest BCUT2D eigenvalue weighted by atomic mass is 16.5. The molecule has 0 bridgehead atoms. The van der Waals surface area contributed by atoms with E-state index >= 15 is 0 Å². The minimum Gasteiger partial charge on any atom is -0.483 e. The van der Waals surface area contributed by atoms with Gasteiger partial charge in [0.05, 0.1) is 24.6 Å². The summed E-state index contributed by atoms with van der Waals surface area (Å²) in [4.78, 5) is 9.71. The van der Waals surface area contributed by atoms with Crippen LogP contribution in [0.1, 0.15) is 72.5 Å². The number of morpholine rings is 1. The van der Waals surface area contributed by atoms with Gasteiger partial charge in [-0.25, -0.2) is 4.98 Å². The lowest BCUT2D eigenvalue weighted by Crippen LogP contribution is -2.43. The minimum absolute atomic E-state index is 0.501. The van der Waals surface area contributed by atoms with Gasteiger partial charge in [0.1, 0.15) is 12.4 Å². The summed E-state index contributed by atoms with van der Waals surface area (Å²) in [6, 6.07) is 13.3. The number of rotatable bonds is 4. The highest BCUT2D eigenvalue weighted by Gasteiger charge is 2.22. The second-order valence-corrected chi connectivity index (χ2v) is 9.12. The van der Waals surface area contributed by atoms with Gasteiger partial charge in [0.25, 0.3) is 0 Å². The number of aromatic nitrogens is 2. The molecule has 41 heavy (non-hydrogen) atoms. The summed E-state index contributed by atoms with van der Waals surface area (Å²) in [6.07, 6.45) is 2.16. The standard InChI is InChI=1S/C26H31N5O2.4C2H6/c1-19-14-20(2-4-23(19)30-8-6-27-7-9-30)21-3-5-24-25(15-21)33-18-26-28-22(17-31(24)26)16-29-10-12-32-13-11-29;4*1-2/h2-5,14-15,17,27H,6-13,16,18H2,1H3;4*1-2H3. The fraction of sp³-hybridized carbons (Fsp3) is 0.559. The van der Waals surface area contributed by atoms with Crippen molar-refractivity contribution in [2.75, 3.05) is 57.4 Å². The van der Waals surface area contributed by atoms with Crippen molar-refractivity contribution in [3.05, 3.63) is 59.7 Å². The third-order valence-electron chi connectivity index (χ3n) is 6.88. The van der Waals surface area contributed by atoms with Crippen LogP contribution in [-0.4, -0.2) is 66.9 Å². The van der Waals surface area contributed by atoms with E-state index in [1.54, 1.807) is 0 Å². The van der Waals surface area contributed by atoms with E-state index in [2.05, 4.69) is 69.2 Å². The fourth-order valence-corrected chi connectivity index (χ4v) is 5.09. The number of imidazole rings is 1. The van der Waals surface area contributed by atoms with Gasteiger partial charge in [-0.15, -0.1) is 0 Å². The van der Waals surface area contributed by atoms with E-state index in [4.69, 9.17) is 14.5 Å². The van der Waals surface area contributed by atoms with Crippen molar-refractivity contribution in [1.82, 2.24) is 19.8 Å². The first-order chi connectivity index (χ1) is 20.2. The molecule has 2 saturated heterocycles. The summed E-state index contributed by atoms with van der Waals surface area (Å²) in [5, 5.41) is 3.43. The Morgan fingerprint density at radius 3 is 2.02 bits per heavy atom. The molecule has 2 fully saturated rings. The largest absolute Gasteiger partial charge is 0.483 e. The predicted molar refractivity (Wildman–Crippen MR) is 175 cm³/mol. The van der Waals surface area contributed by atoms with Gasteiger partial charge < -0.3 is 19.7 Å². The number of hydrogen-bond donors (Lipinski definition) is 1. The van der Waals surface area contributed by atoms with Crippen LogP contribution in [0.15, 0.2) is 42.6 Å². The van der Waals surface area contributed by atoms with Crippen LogP contribution >= 0.6 is 0 Å². The molecule has 7 heteroatoms. The van der Waals surface area contributed by atoms with Crippen molar-refractivity contribution in [3.8, 4) is 22.6 Å². The maximum Gasteiger partial charge on any atom is 0.151 e. The molecule has 3 aliphatic heterocycles. The Labute approximate surface area is 249 Å². The molecule has 3 aliphatic rings. The molecule has 0 spiro atoms. The predicted octanol–water partition coefficient (Wildman–Crippen LogP) is 7.09. The Hall–Kier alpha value is -2.87. The number of anilines is 1. The molecule has 1 aromatic heterocycles. The smallest absolute Gasteiger partial charge is 0.151 e. The molecule has 0 unspecified atom stereocenters. The van der Waals surface area contributed by atoms with Crippen LogP contribution in [-0.2, 0) is 17.9 Å². The van der Waals surface area contributed by atoms with Crippen molar-refractivity contribution < 1.29 is 9.47 Å². The summed E-state index contributed by atoms with van der Waals surface area (Å²) >= 11 is 0. The van der Waals surface area contributed by atoms with Gasteiger partial charge in [-0.1, -0.05) is 67.5 Å². The third-order valence-corrected chi connectivity index (χ3v) is 6.88. The molecule has 0 radical (unpaired) electrons. The van der Waals surface area contributed by atoms with Crippen LogP contribution in [0.2, 0.25) is 0 Å². The highest BCUT2D eigenvalue weighted by molar-refractivity contribution is 5.72. The van der Waals surface area contributed by atoms with Gasteiger partial charge in [0.15, 0.2) is 5.82 Å². The third kappa shape index (κ3) is 8.81. The molecule has 2 aromatic carbocycles. The molecule has 1 N–H and O–H groups in total. The molecule has 0 saturated carbocycles. The molecule has 228 valence electrons. The summed E-state index contributed by atoms with van der Waals surface area (Å²) in [6.45, 7) is 27.3. The van der Waals surface area contributed by atoms with Crippen LogP contribution in [0.3, 0.4) is 0 Å². The van der Waals surface area contributed by atoms with E-state index in [0.29, 0.717) is 6.61 Å². The van der Waals surface area contributed by atoms with Crippen LogP contribution in [0.4, 0.5) is 5.69 Å². The average molecular weight is 566 g/mol. The monoisotopic (exact) mass is 565 g/mol. The van der Waals surface area contributed by atoms with Gasteiger partial charge >= 0.3 is 0 Å². The summed E-state index contributed by atoms with van der Waals surface area (Å²) in [5.74, 6) is 1.88. The molecule has 3 aromatic rings. The number of fused-ring (bicyclic) bond motifs is 3. The van der Waals surface area contributed by atoms with Crippen molar-refractivity contribution in [2.45, 2.75) is 75.5 Å².